The largest absolute Gasteiger partial charge is 0.316 e. The van der Waals surface area contributed by atoms with E-state index in [1.807, 2.05) is 0 Å². The third kappa shape index (κ3) is 4.04. The van der Waals surface area contributed by atoms with Crippen LogP contribution >= 0.6 is 15.9 Å². The molecule has 3 heteroatoms. The van der Waals surface area contributed by atoms with Gasteiger partial charge in [0.2, 0.25) is 0 Å². The Balaban J connectivity index is 1.59. The van der Waals surface area contributed by atoms with Crippen molar-refractivity contribution in [3.05, 3.63) is 34.3 Å². The molecule has 0 bridgehead atoms. The van der Waals surface area contributed by atoms with Gasteiger partial charge < -0.3 is 5.32 Å². The maximum atomic E-state index is 3.54. The minimum absolute atomic E-state index is 0.852. The van der Waals surface area contributed by atoms with Crippen molar-refractivity contribution in [3.63, 3.8) is 0 Å². The first-order valence-corrected chi connectivity index (χ1v) is 8.30. The Morgan fingerprint density at radius 3 is 2.58 bits per heavy atom. The summed E-state index contributed by atoms with van der Waals surface area (Å²) in [7, 11) is 0. The SMILES string of the molecule is Brc1ccc(CN(CC2CCCNC2)C2CC2)cc1. The van der Waals surface area contributed by atoms with E-state index in [9.17, 15) is 0 Å². The van der Waals surface area contributed by atoms with Crippen LogP contribution in [0.3, 0.4) is 0 Å². The molecular formula is C16H23BrN2. The van der Waals surface area contributed by atoms with E-state index in [0.29, 0.717) is 0 Å². The quantitative estimate of drug-likeness (QED) is 0.893. The molecule has 19 heavy (non-hydrogen) atoms. The smallest absolute Gasteiger partial charge is 0.0236 e. The molecule has 104 valence electrons. The molecule has 1 saturated heterocycles. The zero-order valence-electron chi connectivity index (χ0n) is 11.4. The number of hydrogen-bond donors (Lipinski definition) is 1. The highest BCUT2D eigenvalue weighted by molar-refractivity contribution is 9.10. The second-order valence-corrected chi connectivity index (χ2v) is 6.92. The van der Waals surface area contributed by atoms with Gasteiger partial charge in [-0.15, -0.1) is 0 Å². The Hall–Kier alpha value is -0.380. The van der Waals surface area contributed by atoms with Gasteiger partial charge in [0.15, 0.2) is 0 Å². The average Bonchev–Trinajstić information content (AvgIpc) is 3.26. The molecule has 1 aromatic carbocycles. The third-order valence-electron chi connectivity index (χ3n) is 4.25. The van der Waals surface area contributed by atoms with Crippen LogP contribution in [0.25, 0.3) is 0 Å². The first kappa shape index (κ1) is 13.6. The van der Waals surface area contributed by atoms with Crippen molar-refractivity contribution in [3.8, 4) is 0 Å². The van der Waals surface area contributed by atoms with Crippen molar-refractivity contribution in [2.24, 2.45) is 5.92 Å². The maximum Gasteiger partial charge on any atom is 0.0236 e. The predicted molar refractivity (Wildman–Crippen MR) is 83.2 cm³/mol. The highest BCUT2D eigenvalue weighted by atomic mass is 79.9. The normalized spacial score (nSPS) is 23.8. The van der Waals surface area contributed by atoms with E-state index >= 15 is 0 Å². The number of hydrogen-bond acceptors (Lipinski definition) is 2. The Bertz CT molecular complexity index is 394. The summed E-state index contributed by atoms with van der Waals surface area (Å²) in [5.41, 5.74) is 1.44. The molecule has 2 aliphatic rings. The van der Waals surface area contributed by atoms with Gasteiger partial charge in [-0.05, 0) is 62.4 Å². The standard InChI is InChI=1S/C16H23BrN2/c17-15-5-3-13(4-6-15)11-19(16-7-8-16)12-14-2-1-9-18-10-14/h3-6,14,16,18H,1-2,7-12H2. The lowest BCUT2D eigenvalue weighted by molar-refractivity contribution is 0.193. The lowest BCUT2D eigenvalue weighted by Crippen LogP contribution is -2.39. The molecule has 2 nitrogen and oxygen atoms in total. The van der Waals surface area contributed by atoms with Gasteiger partial charge in [0.05, 0.1) is 0 Å². The lowest BCUT2D eigenvalue weighted by atomic mass is 9.98. The van der Waals surface area contributed by atoms with Gasteiger partial charge in [-0.3, -0.25) is 4.90 Å². The summed E-state index contributed by atoms with van der Waals surface area (Å²) in [6.45, 7) is 4.82. The van der Waals surface area contributed by atoms with Crippen molar-refractivity contribution in [1.82, 2.24) is 10.2 Å². The summed E-state index contributed by atoms with van der Waals surface area (Å²) in [5.74, 6) is 0.852. The van der Waals surface area contributed by atoms with E-state index in [1.54, 1.807) is 0 Å². The Morgan fingerprint density at radius 2 is 1.95 bits per heavy atom. The van der Waals surface area contributed by atoms with Crippen LogP contribution in [0.2, 0.25) is 0 Å². The molecule has 0 amide bonds. The van der Waals surface area contributed by atoms with Crippen LogP contribution in [0, 0.1) is 5.92 Å². The molecule has 1 aliphatic carbocycles. The molecule has 1 aliphatic heterocycles. The van der Waals surface area contributed by atoms with Crippen LogP contribution in [-0.4, -0.2) is 30.6 Å². The summed E-state index contributed by atoms with van der Waals surface area (Å²) < 4.78 is 1.17. The van der Waals surface area contributed by atoms with Crippen LogP contribution in [0.5, 0.6) is 0 Å². The number of rotatable bonds is 5. The summed E-state index contributed by atoms with van der Waals surface area (Å²) in [5, 5.41) is 3.54. The molecule has 1 heterocycles. The van der Waals surface area contributed by atoms with Crippen molar-refractivity contribution in [1.29, 1.82) is 0 Å². The van der Waals surface area contributed by atoms with Crippen LogP contribution in [-0.2, 0) is 6.54 Å². The van der Waals surface area contributed by atoms with Crippen LogP contribution in [0.15, 0.2) is 28.7 Å². The third-order valence-corrected chi connectivity index (χ3v) is 4.78. The van der Waals surface area contributed by atoms with Crippen molar-refractivity contribution in [2.75, 3.05) is 19.6 Å². The molecule has 1 atom stereocenters. The predicted octanol–water partition coefficient (Wildman–Crippen LogP) is 3.41. The second-order valence-electron chi connectivity index (χ2n) is 6.00. The first-order chi connectivity index (χ1) is 9.31. The van der Waals surface area contributed by atoms with Gasteiger partial charge in [0, 0.05) is 23.6 Å². The van der Waals surface area contributed by atoms with Crippen molar-refractivity contribution >= 4 is 15.9 Å². The fraction of sp³-hybridized carbons (Fsp3) is 0.625. The topological polar surface area (TPSA) is 15.3 Å². The van der Waals surface area contributed by atoms with E-state index < -0.39 is 0 Å². The minimum atomic E-state index is 0.852. The van der Waals surface area contributed by atoms with E-state index in [-0.39, 0.29) is 0 Å². The fourth-order valence-corrected chi connectivity index (χ4v) is 3.28. The van der Waals surface area contributed by atoms with Gasteiger partial charge >= 0.3 is 0 Å². The molecule has 1 aromatic rings. The average molecular weight is 323 g/mol. The van der Waals surface area contributed by atoms with Gasteiger partial charge in [0.1, 0.15) is 0 Å². The summed E-state index contributed by atoms with van der Waals surface area (Å²) in [6, 6.07) is 9.66. The fourth-order valence-electron chi connectivity index (χ4n) is 3.02. The molecule has 2 fully saturated rings. The summed E-state index contributed by atoms with van der Waals surface area (Å²) >= 11 is 3.51. The molecule has 1 N–H and O–H groups in total. The highest BCUT2D eigenvalue weighted by Crippen LogP contribution is 2.30. The molecule has 3 rings (SSSR count). The van der Waals surface area contributed by atoms with E-state index in [0.717, 1.165) is 18.5 Å². The Labute approximate surface area is 124 Å². The van der Waals surface area contributed by atoms with Gasteiger partial charge in [-0.25, -0.2) is 0 Å². The molecule has 0 spiro atoms. The van der Waals surface area contributed by atoms with Gasteiger partial charge in [-0.2, -0.15) is 0 Å². The molecule has 0 aromatic heterocycles. The van der Waals surface area contributed by atoms with Gasteiger partial charge in [0.25, 0.3) is 0 Å². The molecular weight excluding hydrogens is 300 g/mol. The van der Waals surface area contributed by atoms with Crippen molar-refractivity contribution in [2.45, 2.75) is 38.3 Å². The number of nitrogens with one attached hydrogen (secondary N) is 1. The van der Waals surface area contributed by atoms with E-state index in [2.05, 4.69) is 50.4 Å². The number of halogens is 1. The summed E-state index contributed by atoms with van der Waals surface area (Å²) in [4.78, 5) is 2.71. The lowest BCUT2D eigenvalue weighted by Gasteiger charge is -2.30. The van der Waals surface area contributed by atoms with Crippen LogP contribution in [0.1, 0.15) is 31.2 Å². The highest BCUT2D eigenvalue weighted by Gasteiger charge is 2.30. The second kappa shape index (κ2) is 6.38. The molecule has 0 radical (unpaired) electrons. The molecule has 1 unspecified atom stereocenters. The van der Waals surface area contributed by atoms with Crippen LogP contribution in [0.4, 0.5) is 0 Å². The number of piperidine rings is 1. The van der Waals surface area contributed by atoms with E-state index in [4.69, 9.17) is 0 Å². The molecule has 1 saturated carbocycles. The minimum Gasteiger partial charge on any atom is -0.316 e. The zero-order chi connectivity index (χ0) is 13.1. The maximum absolute atomic E-state index is 3.54. The number of benzene rings is 1. The van der Waals surface area contributed by atoms with Crippen LogP contribution < -0.4 is 5.32 Å². The number of nitrogens with zero attached hydrogens (tertiary/aromatic N) is 1. The van der Waals surface area contributed by atoms with Crippen molar-refractivity contribution < 1.29 is 0 Å². The zero-order valence-corrected chi connectivity index (χ0v) is 13.0. The Morgan fingerprint density at radius 1 is 1.16 bits per heavy atom. The first-order valence-electron chi connectivity index (χ1n) is 7.50. The van der Waals surface area contributed by atoms with E-state index in [1.165, 1.54) is 55.4 Å². The summed E-state index contributed by atoms with van der Waals surface area (Å²) in [6.07, 6.45) is 5.55. The monoisotopic (exact) mass is 322 g/mol. The Kier molecular flexibility index (Phi) is 4.57. The van der Waals surface area contributed by atoms with Gasteiger partial charge in [-0.1, -0.05) is 28.1 Å².